The normalized spacial score (nSPS) is 16.2. The second-order valence-electron chi connectivity index (χ2n) is 6.64. The maximum Gasteiger partial charge on any atom is 0.167 e. The van der Waals surface area contributed by atoms with Crippen LogP contribution in [0.2, 0.25) is 0 Å². The van der Waals surface area contributed by atoms with Crippen molar-refractivity contribution in [3.05, 3.63) is 40.7 Å². The molecule has 0 unspecified atom stereocenters. The number of Topliss-reactive ketones (excluding diaryl/α,β-unsaturated/α-hetero) is 1. The van der Waals surface area contributed by atoms with E-state index in [-0.39, 0.29) is 11.2 Å². The lowest BCUT2D eigenvalue weighted by Crippen LogP contribution is -2.28. The molecule has 0 N–H and O–H groups in total. The van der Waals surface area contributed by atoms with Crippen LogP contribution < -0.4 is 5.46 Å². The van der Waals surface area contributed by atoms with E-state index in [1.54, 1.807) is 16.8 Å². The Hall–Kier alpha value is -2.35. The Labute approximate surface area is 131 Å². The van der Waals surface area contributed by atoms with E-state index in [9.17, 15) is 4.79 Å². The molecule has 2 radical (unpaired) electrons. The largest absolute Gasteiger partial charge is 0.294 e. The zero-order valence-corrected chi connectivity index (χ0v) is 13.0. The molecule has 22 heavy (non-hydrogen) atoms. The van der Waals surface area contributed by atoms with Crippen molar-refractivity contribution in [2.75, 3.05) is 0 Å². The number of benzene rings is 1. The predicted molar refractivity (Wildman–Crippen MR) is 84.8 cm³/mol. The highest BCUT2D eigenvalue weighted by Crippen LogP contribution is 2.36. The highest BCUT2D eigenvalue weighted by Gasteiger charge is 2.35. The molecular formula is C17H16BN3O. The van der Waals surface area contributed by atoms with Crippen LogP contribution in [0.15, 0.2) is 18.2 Å². The zero-order chi connectivity index (χ0) is 16.1. The van der Waals surface area contributed by atoms with E-state index in [2.05, 4.69) is 25.0 Å². The number of nitrogens with zero attached hydrogens (tertiary/aromatic N) is 3. The number of hydrogen-bond donors (Lipinski definition) is 0. The fourth-order valence-electron chi connectivity index (χ4n) is 3.14. The summed E-state index contributed by atoms with van der Waals surface area (Å²) in [5.41, 5.74) is 3.99. The van der Waals surface area contributed by atoms with E-state index in [0.717, 1.165) is 29.1 Å². The Morgan fingerprint density at radius 3 is 2.73 bits per heavy atom. The van der Waals surface area contributed by atoms with Crippen molar-refractivity contribution in [2.24, 2.45) is 5.41 Å². The monoisotopic (exact) mass is 289 g/mol. The molecule has 0 saturated heterocycles. The van der Waals surface area contributed by atoms with Crippen LogP contribution in [0.25, 0.3) is 5.69 Å². The Bertz CT molecular complexity index is 827. The molecule has 0 bridgehead atoms. The van der Waals surface area contributed by atoms with Gasteiger partial charge in [0.1, 0.15) is 7.85 Å². The molecule has 4 nitrogen and oxygen atoms in total. The van der Waals surface area contributed by atoms with Gasteiger partial charge in [-0.3, -0.25) is 4.79 Å². The van der Waals surface area contributed by atoms with Crippen LogP contribution >= 0.6 is 0 Å². The molecule has 108 valence electrons. The number of aryl methyl sites for hydroxylation is 1. The van der Waals surface area contributed by atoms with Gasteiger partial charge in [-0.25, -0.2) is 4.68 Å². The standard InChI is InChI=1S/C17H16BN3O/c1-10-16-14(7-17(2,3)8-15(16)22)21(20-10)12-5-4-11(9-19)13(18)6-12/h4-6H,7-8H2,1-3H3. The molecule has 1 aliphatic rings. The minimum atomic E-state index is -0.0769. The van der Waals surface area contributed by atoms with Gasteiger partial charge in [-0.05, 0) is 37.0 Å². The molecule has 3 rings (SSSR count). The number of carbonyl (C=O) groups is 1. The first kappa shape index (κ1) is 14.6. The average molecular weight is 289 g/mol. The van der Waals surface area contributed by atoms with Gasteiger partial charge in [0.05, 0.1) is 28.7 Å². The van der Waals surface area contributed by atoms with Crippen molar-refractivity contribution in [1.82, 2.24) is 9.78 Å². The Morgan fingerprint density at radius 2 is 2.09 bits per heavy atom. The van der Waals surface area contributed by atoms with Gasteiger partial charge in [0, 0.05) is 12.0 Å². The van der Waals surface area contributed by atoms with E-state index < -0.39 is 0 Å². The first-order valence-electron chi connectivity index (χ1n) is 7.24. The number of fused-ring (bicyclic) bond motifs is 1. The number of nitriles is 1. The quantitative estimate of drug-likeness (QED) is 0.754. The molecule has 0 saturated carbocycles. The van der Waals surface area contributed by atoms with Crippen molar-refractivity contribution in [1.29, 1.82) is 5.26 Å². The zero-order valence-electron chi connectivity index (χ0n) is 13.0. The van der Waals surface area contributed by atoms with Crippen molar-refractivity contribution in [2.45, 2.75) is 33.6 Å². The minimum absolute atomic E-state index is 0.0769. The number of aromatic nitrogens is 2. The molecule has 0 atom stereocenters. The van der Waals surface area contributed by atoms with E-state index in [0.29, 0.717) is 17.4 Å². The average Bonchev–Trinajstić information content (AvgIpc) is 2.74. The molecule has 1 heterocycles. The lowest BCUT2D eigenvalue weighted by molar-refractivity contribution is 0.0910. The van der Waals surface area contributed by atoms with Gasteiger partial charge in [-0.2, -0.15) is 10.4 Å². The summed E-state index contributed by atoms with van der Waals surface area (Å²) in [6.45, 7) is 6.04. The van der Waals surface area contributed by atoms with E-state index >= 15 is 0 Å². The van der Waals surface area contributed by atoms with Crippen molar-refractivity contribution in [3.63, 3.8) is 0 Å². The summed E-state index contributed by atoms with van der Waals surface area (Å²) in [4.78, 5) is 12.4. The maximum atomic E-state index is 12.4. The van der Waals surface area contributed by atoms with Gasteiger partial charge in [-0.1, -0.05) is 19.3 Å². The third-order valence-corrected chi connectivity index (χ3v) is 4.12. The minimum Gasteiger partial charge on any atom is -0.294 e. The lowest BCUT2D eigenvalue weighted by Gasteiger charge is -2.29. The molecule has 0 aliphatic heterocycles. The van der Waals surface area contributed by atoms with Crippen LogP contribution in [0.4, 0.5) is 0 Å². The van der Waals surface area contributed by atoms with Gasteiger partial charge in [0.2, 0.25) is 0 Å². The van der Waals surface area contributed by atoms with Crippen LogP contribution in [-0.4, -0.2) is 23.4 Å². The Morgan fingerprint density at radius 1 is 1.36 bits per heavy atom. The van der Waals surface area contributed by atoms with Gasteiger partial charge >= 0.3 is 0 Å². The van der Waals surface area contributed by atoms with E-state index in [1.807, 2.05) is 13.0 Å². The van der Waals surface area contributed by atoms with E-state index in [1.165, 1.54) is 0 Å². The Balaban J connectivity index is 2.18. The van der Waals surface area contributed by atoms with Crippen LogP contribution in [0, 0.1) is 23.7 Å². The third kappa shape index (κ3) is 2.25. The summed E-state index contributed by atoms with van der Waals surface area (Å²) >= 11 is 0. The molecule has 1 aliphatic carbocycles. The summed E-state index contributed by atoms with van der Waals surface area (Å²) in [5, 5.41) is 13.5. The SMILES string of the molecule is [B]c1cc(-n2nc(C)c3c2CC(C)(C)CC3=O)ccc1C#N. The predicted octanol–water partition coefficient (Wildman–Crippen LogP) is 2.00. The van der Waals surface area contributed by atoms with E-state index in [4.69, 9.17) is 13.1 Å². The molecule has 0 spiro atoms. The van der Waals surface area contributed by atoms with Crippen molar-refractivity contribution in [3.8, 4) is 11.8 Å². The third-order valence-electron chi connectivity index (χ3n) is 4.12. The molecule has 1 aromatic carbocycles. The smallest absolute Gasteiger partial charge is 0.167 e. The summed E-state index contributed by atoms with van der Waals surface area (Å²) in [6, 6.07) is 7.28. The molecule has 2 aromatic rings. The lowest BCUT2D eigenvalue weighted by atomic mass is 9.75. The molecule has 5 heteroatoms. The summed E-state index contributed by atoms with van der Waals surface area (Å²) in [5.74, 6) is 0.150. The highest BCUT2D eigenvalue weighted by molar-refractivity contribution is 6.34. The molecular weight excluding hydrogens is 273 g/mol. The van der Waals surface area contributed by atoms with Crippen LogP contribution in [0.3, 0.4) is 0 Å². The number of hydrogen-bond acceptors (Lipinski definition) is 3. The van der Waals surface area contributed by atoms with Crippen LogP contribution in [-0.2, 0) is 6.42 Å². The van der Waals surface area contributed by atoms with Crippen molar-refractivity contribution >= 4 is 19.1 Å². The van der Waals surface area contributed by atoms with Crippen LogP contribution in [0.1, 0.15) is 47.6 Å². The molecule has 1 aromatic heterocycles. The van der Waals surface area contributed by atoms with Crippen LogP contribution in [0.5, 0.6) is 0 Å². The number of carbonyl (C=O) groups excluding carboxylic acids is 1. The number of ketones is 1. The van der Waals surface area contributed by atoms with Gasteiger partial charge < -0.3 is 0 Å². The summed E-state index contributed by atoms with van der Waals surface area (Å²) < 4.78 is 1.79. The topological polar surface area (TPSA) is 58.7 Å². The first-order valence-corrected chi connectivity index (χ1v) is 7.24. The fourth-order valence-corrected chi connectivity index (χ4v) is 3.14. The van der Waals surface area contributed by atoms with Gasteiger partial charge in [0.25, 0.3) is 0 Å². The highest BCUT2D eigenvalue weighted by atomic mass is 16.1. The summed E-state index contributed by atoms with van der Waals surface area (Å²) in [6.07, 6.45) is 1.33. The second-order valence-corrected chi connectivity index (χ2v) is 6.64. The fraction of sp³-hybridized carbons (Fsp3) is 0.353. The molecule has 0 amide bonds. The Kier molecular flexibility index (Phi) is 3.21. The van der Waals surface area contributed by atoms with Gasteiger partial charge in [0.15, 0.2) is 5.78 Å². The maximum absolute atomic E-state index is 12.4. The van der Waals surface area contributed by atoms with Gasteiger partial charge in [-0.15, -0.1) is 0 Å². The first-order chi connectivity index (χ1) is 10.3. The second kappa shape index (κ2) is 4.84. The summed E-state index contributed by atoms with van der Waals surface area (Å²) in [7, 11) is 5.90. The number of rotatable bonds is 1. The molecule has 0 fully saturated rings. The van der Waals surface area contributed by atoms with Crippen molar-refractivity contribution < 1.29 is 4.79 Å².